The lowest BCUT2D eigenvalue weighted by Gasteiger charge is -2.20. The number of para-hydroxylation sites is 1. The molecule has 2 amide bonds. The number of amides is 2. The van der Waals surface area contributed by atoms with Gasteiger partial charge in [0.1, 0.15) is 0 Å². The second kappa shape index (κ2) is 10.8. The summed E-state index contributed by atoms with van der Waals surface area (Å²) in [7, 11) is 6.15. The Morgan fingerprint density at radius 1 is 0.865 bits per heavy atom. The number of anilines is 1. The first-order valence-corrected chi connectivity index (χ1v) is 12.0. The third kappa shape index (κ3) is 4.91. The zero-order valence-electron chi connectivity index (χ0n) is 22.0. The summed E-state index contributed by atoms with van der Waals surface area (Å²) in [4.78, 5) is 26.2. The number of methoxy groups -OCH3 is 4. The molecule has 3 aromatic carbocycles. The number of aryl methyl sites for hydroxylation is 3. The number of ether oxygens (including phenoxy) is 4. The molecule has 2 N–H and O–H groups in total. The average molecular weight is 505 g/mol. The highest BCUT2D eigenvalue weighted by Gasteiger charge is 2.30. The minimum atomic E-state index is -0.460. The molecule has 0 spiro atoms. The fraction of sp³-hybridized carbons (Fsp3) is 0.310. The SMILES string of the molecule is COc1cc2c(c(OC)c1OC)-c1ccc(OC)c(=O)cc1[C@@H](NC(=O)Nc1c(C)cccc1C)CC2. The van der Waals surface area contributed by atoms with Crippen molar-refractivity contribution in [3.63, 3.8) is 0 Å². The molecule has 37 heavy (non-hydrogen) atoms. The monoisotopic (exact) mass is 504 g/mol. The van der Waals surface area contributed by atoms with E-state index in [4.69, 9.17) is 18.9 Å². The van der Waals surface area contributed by atoms with Crippen LogP contribution in [-0.4, -0.2) is 34.5 Å². The lowest BCUT2D eigenvalue weighted by Crippen LogP contribution is -2.33. The molecule has 0 fully saturated rings. The zero-order valence-corrected chi connectivity index (χ0v) is 22.0. The van der Waals surface area contributed by atoms with E-state index in [9.17, 15) is 9.59 Å². The third-order valence-corrected chi connectivity index (χ3v) is 6.75. The Morgan fingerprint density at radius 2 is 1.54 bits per heavy atom. The summed E-state index contributed by atoms with van der Waals surface area (Å²) in [6.45, 7) is 3.90. The molecular weight excluding hydrogens is 472 g/mol. The Bertz CT molecular complexity index is 1380. The number of carbonyl (C=O) groups excluding carboxylic acids is 1. The molecule has 8 nitrogen and oxygen atoms in total. The molecule has 0 saturated carbocycles. The summed E-state index contributed by atoms with van der Waals surface area (Å²) in [6, 6.07) is 11.9. The average Bonchev–Trinajstić information content (AvgIpc) is 3.13. The number of carbonyl (C=O) groups is 1. The maximum atomic E-state index is 13.2. The maximum absolute atomic E-state index is 13.2. The van der Waals surface area contributed by atoms with Crippen LogP contribution in [0.3, 0.4) is 0 Å². The van der Waals surface area contributed by atoms with Crippen LogP contribution in [0.2, 0.25) is 0 Å². The van der Waals surface area contributed by atoms with E-state index >= 15 is 0 Å². The Morgan fingerprint density at radius 3 is 2.16 bits per heavy atom. The van der Waals surface area contributed by atoms with Crippen molar-refractivity contribution in [2.24, 2.45) is 0 Å². The van der Waals surface area contributed by atoms with Crippen LogP contribution in [0, 0.1) is 13.8 Å². The van der Waals surface area contributed by atoms with Crippen molar-refractivity contribution in [3.05, 3.63) is 74.9 Å². The van der Waals surface area contributed by atoms with Crippen molar-refractivity contribution >= 4 is 11.7 Å². The van der Waals surface area contributed by atoms with E-state index < -0.39 is 6.04 Å². The Labute approximate surface area is 216 Å². The number of fused-ring (bicyclic) bond motifs is 3. The van der Waals surface area contributed by atoms with Crippen LogP contribution in [0.4, 0.5) is 10.5 Å². The lowest BCUT2D eigenvalue weighted by molar-refractivity contribution is 0.248. The number of benzene rings is 2. The molecule has 0 bridgehead atoms. The molecule has 8 heteroatoms. The highest BCUT2D eigenvalue weighted by atomic mass is 16.5. The van der Waals surface area contributed by atoms with Gasteiger partial charge in [0.2, 0.25) is 11.2 Å². The van der Waals surface area contributed by atoms with Gasteiger partial charge in [-0.3, -0.25) is 4.79 Å². The molecule has 0 radical (unpaired) electrons. The minimum Gasteiger partial charge on any atom is -0.493 e. The quantitative estimate of drug-likeness (QED) is 0.481. The summed E-state index contributed by atoms with van der Waals surface area (Å²) in [5, 5.41) is 6.08. The molecule has 0 aromatic heterocycles. The fourth-order valence-corrected chi connectivity index (χ4v) is 4.94. The predicted octanol–water partition coefficient (Wildman–Crippen LogP) is 5.17. The normalized spacial score (nSPS) is 13.9. The first-order valence-electron chi connectivity index (χ1n) is 12.0. The molecule has 194 valence electrons. The van der Waals surface area contributed by atoms with E-state index in [2.05, 4.69) is 10.6 Å². The Balaban J connectivity index is 1.86. The molecule has 1 atom stereocenters. The van der Waals surface area contributed by atoms with Crippen molar-refractivity contribution in [1.29, 1.82) is 0 Å². The third-order valence-electron chi connectivity index (χ3n) is 6.75. The first-order chi connectivity index (χ1) is 17.8. The fourth-order valence-electron chi connectivity index (χ4n) is 4.94. The zero-order chi connectivity index (χ0) is 26.7. The minimum absolute atomic E-state index is 0.202. The van der Waals surface area contributed by atoms with Gasteiger partial charge in [0, 0.05) is 11.3 Å². The van der Waals surface area contributed by atoms with Crippen LogP contribution < -0.4 is 35.0 Å². The number of nitrogens with one attached hydrogen (secondary N) is 2. The molecule has 0 aliphatic heterocycles. The van der Waals surface area contributed by atoms with Gasteiger partial charge < -0.3 is 29.6 Å². The lowest BCUT2D eigenvalue weighted by atomic mass is 9.95. The van der Waals surface area contributed by atoms with Gasteiger partial charge in [-0.1, -0.05) is 24.3 Å². The maximum Gasteiger partial charge on any atom is 0.319 e. The van der Waals surface area contributed by atoms with Crippen molar-refractivity contribution in [1.82, 2.24) is 5.32 Å². The van der Waals surface area contributed by atoms with Crippen LogP contribution in [0.25, 0.3) is 11.1 Å². The summed E-state index contributed by atoms with van der Waals surface area (Å²) in [5.41, 5.74) is 5.54. The molecule has 4 rings (SSSR count). The Kier molecular flexibility index (Phi) is 7.57. The summed E-state index contributed by atoms with van der Waals surface area (Å²) >= 11 is 0. The highest BCUT2D eigenvalue weighted by molar-refractivity contribution is 5.92. The van der Waals surface area contributed by atoms with E-state index in [1.54, 1.807) is 27.4 Å². The van der Waals surface area contributed by atoms with Gasteiger partial charge >= 0.3 is 6.03 Å². The van der Waals surface area contributed by atoms with Crippen LogP contribution in [-0.2, 0) is 6.42 Å². The smallest absolute Gasteiger partial charge is 0.319 e. The van der Waals surface area contributed by atoms with Gasteiger partial charge in [-0.25, -0.2) is 4.79 Å². The van der Waals surface area contributed by atoms with E-state index in [1.165, 1.54) is 13.2 Å². The van der Waals surface area contributed by atoms with Crippen molar-refractivity contribution < 1.29 is 23.7 Å². The molecule has 1 aliphatic rings. The molecule has 0 heterocycles. The summed E-state index contributed by atoms with van der Waals surface area (Å²) in [6.07, 6.45) is 1.15. The standard InChI is InChI=1S/C29H32N2O6/c1-16-8-7-9-17(2)26(16)31-29(33)30-21-12-10-18-14-24(35-4)27(36-5)28(37-6)25(18)19-11-13-23(34-3)22(32)15-20(19)21/h7-9,11,13-15,21H,10,12H2,1-6H3,(H2,30,31,33)/t21-/m0/s1. The first kappa shape index (κ1) is 25.9. The van der Waals surface area contributed by atoms with Gasteiger partial charge in [0.05, 0.1) is 34.5 Å². The van der Waals surface area contributed by atoms with Crippen molar-refractivity contribution in [3.8, 4) is 34.1 Å². The van der Waals surface area contributed by atoms with Crippen LogP contribution in [0.5, 0.6) is 23.0 Å². The van der Waals surface area contributed by atoms with Crippen molar-refractivity contribution in [2.45, 2.75) is 32.7 Å². The number of urea groups is 1. The second-order valence-corrected chi connectivity index (χ2v) is 8.92. The van der Waals surface area contributed by atoms with E-state index in [-0.39, 0.29) is 17.2 Å². The largest absolute Gasteiger partial charge is 0.493 e. The van der Waals surface area contributed by atoms with Gasteiger partial charge in [-0.2, -0.15) is 0 Å². The summed E-state index contributed by atoms with van der Waals surface area (Å²) < 4.78 is 22.3. The second-order valence-electron chi connectivity index (χ2n) is 8.92. The van der Waals surface area contributed by atoms with Crippen molar-refractivity contribution in [2.75, 3.05) is 33.8 Å². The molecular formula is C29H32N2O6. The van der Waals surface area contributed by atoms with Gasteiger partial charge in [0.15, 0.2) is 17.2 Å². The van der Waals surface area contributed by atoms with E-state index in [1.807, 2.05) is 44.2 Å². The van der Waals surface area contributed by atoms with E-state index in [0.717, 1.165) is 33.5 Å². The predicted molar refractivity (Wildman–Crippen MR) is 143 cm³/mol. The molecule has 0 saturated heterocycles. The highest BCUT2D eigenvalue weighted by Crippen LogP contribution is 2.50. The van der Waals surface area contributed by atoms with Gasteiger partial charge in [-0.05, 0) is 72.7 Å². The number of rotatable bonds is 6. The van der Waals surface area contributed by atoms with Crippen LogP contribution >= 0.6 is 0 Å². The number of hydrogen-bond acceptors (Lipinski definition) is 6. The molecule has 0 unspecified atom stereocenters. The molecule has 1 aliphatic carbocycles. The Hall–Kier alpha value is -4.20. The summed E-state index contributed by atoms with van der Waals surface area (Å²) in [5.74, 6) is 1.69. The van der Waals surface area contributed by atoms with Crippen LogP contribution in [0.15, 0.2) is 47.3 Å². The van der Waals surface area contributed by atoms with Gasteiger partial charge in [0.25, 0.3) is 0 Å². The van der Waals surface area contributed by atoms with Crippen LogP contribution in [0.1, 0.15) is 34.7 Å². The topological polar surface area (TPSA) is 95.1 Å². The van der Waals surface area contributed by atoms with Gasteiger partial charge in [-0.15, -0.1) is 0 Å². The number of hydrogen-bond donors (Lipinski definition) is 2. The van der Waals surface area contributed by atoms with E-state index in [0.29, 0.717) is 35.7 Å². The molecule has 3 aromatic rings.